The van der Waals surface area contributed by atoms with Gasteiger partial charge in [0, 0.05) is 5.56 Å². The van der Waals surface area contributed by atoms with E-state index in [4.69, 9.17) is 0 Å². The summed E-state index contributed by atoms with van der Waals surface area (Å²) in [6, 6.07) is 2.96. The summed E-state index contributed by atoms with van der Waals surface area (Å²) in [6.07, 6.45) is -2.50. The normalized spacial score (nSPS) is 11.5. The fraction of sp³-hybridized carbons (Fsp3) is 0.125. The SMILES string of the molecule is FC(F)c1ccc2[nH]c(Br)nc2c1Br. The molecule has 2 aromatic rings. The third-order valence-electron chi connectivity index (χ3n) is 1.83. The second-order valence-electron chi connectivity index (χ2n) is 2.69. The van der Waals surface area contributed by atoms with Crippen molar-refractivity contribution in [2.24, 2.45) is 0 Å². The van der Waals surface area contributed by atoms with Gasteiger partial charge in [0.05, 0.1) is 9.99 Å². The van der Waals surface area contributed by atoms with Gasteiger partial charge in [0.25, 0.3) is 6.43 Å². The molecule has 0 fully saturated rings. The molecule has 6 heteroatoms. The van der Waals surface area contributed by atoms with Gasteiger partial charge in [-0.2, -0.15) is 0 Å². The van der Waals surface area contributed by atoms with Crippen LogP contribution in [0.15, 0.2) is 21.3 Å². The summed E-state index contributed by atoms with van der Waals surface area (Å²) < 4.78 is 25.8. The van der Waals surface area contributed by atoms with E-state index in [0.29, 0.717) is 20.2 Å². The molecule has 1 N–H and O–H groups in total. The Morgan fingerprint density at radius 1 is 1.29 bits per heavy atom. The molecule has 2 nitrogen and oxygen atoms in total. The number of halogens is 4. The van der Waals surface area contributed by atoms with E-state index in [2.05, 4.69) is 41.8 Å². The number of hydrogen-bond acceptors (Lipinski definition) is 1. The zero-order valence-electron chi connectivity index (χ0n) is 6.69. The van der Waals surface area contributed by atoms with Crippen LogP contribution in [0.1, 0.15) is 12.0 Å². The Hall–Kier alpha value is -0.490. The number of hydrogen-bond donors (Lipinski definition) is 1. The molecule has 2 rings (SSSR count). The Labute approximate surface area is 95.0 Å². The maximum atomic E-state index is 12.5. The van der Waals surface area contributed by atoms with Crippen molar-refractivity contribution in [1.82, 2.24) is 9.97 Å². The monoisotopic (exact) mass is 324 g/mol. The smallest absolute Gasteiger partial charge is 0.265 e. The van der Waals surface area contributed by atoms with Gasteiger partial charge in [0.1, 0.15) is 5.52 Å². The number of benzene rings is 1. The van der Waals surface area contributed by atoms with E-state index in [1.165, 1.54) is 6.07 Å². The van der Waals surface area contributed by atoms with Gasteiger partial charge in [-0.15, -0.1) is 0 Å². The third-order valence-corrected chi connectivity index (χ3v) is 3.04. The molecule has 1 heterocycles. The van der Waals surface area contributed by atoms with Crippen LogP contribution < -0.4 is 0 Å². The van der Waals surface area contributed by atoms with Crippen molar-refractivity contribution in [2.75, 3.05) is 0 Å². The zero-order chi connectivity index (χ0) is 10.3. The molecule has 0 aliphatic heterocycles. The highest BCUT2D eigenvalue weighted by Crippen LogP contribution is 2.33. The molecule has 0 spiro atoms. The average molecular weight is 326 g/mol. The number of nitrogens with one attached hydrogen (secondary N) is 1. The van der Waals surface area contributed by atoms with E-state index in [0.717, 1.165) is 0 Å². The first-order valence-corrected chi connectivity index (χ1v) is 5.30. The third kappa shape index (κ3) is 1.56. The van der Waals surface area contributed by atoms with E-state index in [9.17, 15) is 8.78 Å². The molecule has 14 heavy (non-hydrogen) atoms. The predicted octanol–water partition coefficient (Wildman–Crippen LogP) is 4.03. The Morgan fingerprint density at radius 3 is 2.64 bits per heavy atom. The minimum atomic E-state index is -2.50. The predicted molar refractivity (Wildman–Crippen MR) is 56.5 cm³/mol. The molecule has 0 saturated heterocycles. The van der Waals surface area contributed by atoms with E-state index in [1.807, 2.05) is 0 Å². The van der Waals surface area contributed by atoms with Gasteiger partial charge in [-0.25, -0.2) is 13.8 Å². The summed E-state index contributed by atoms with van der Waals surface area (Å²) >= 11 is 6.26. The molecule has 74 valence electrons. The van der Waals surface area contributed by atoms with E-state index >= 15 is 0 Å². The van der Waals surface area contributed by atoms with E-state index in [1.54, 1.807) is 6.07 Å². The van der Waals surface area contributed by atoms with Crippen molar-refractivity contribution in [3.05, 3.63) is 26.9 Å². The molecule has 0 bridgehead atoms. The average Bonchev–Trinajstić information content (AvgIpc) is 2.46. The lowest BCUT2D eigenvalue weighted by Gasteiger charge is -2.02. The highest BCUT2D eigenvalue weighted by molar-refractivity contribution is 9.11. The standard InChI is InChI=1S/C8H4Br2F2N2/c9-5-3(7(11)12)1-2-4-6(5)14-8(10)13-4/h1-2,7H,(H,13,14). The number of aromatic amines is 1. The number of imidazole rings is 1. The Bertz CT molecular complexity index is 481. The molecular weight excluding hydrogens is 322 g/mol. The number of rotatable bonds is 1. The van der Waals surface area contributed by atoms with Crippen LogP contribution in [0.2, 0.25) is 0 Å². The molecule has 0 amide bonds. The first-order valence-electron chi connectivity index (χ1n) is 3.71. The minimum Gasteiger partial charge on any atom is -0.332 e. The van der Waals surface area contributed by atoms with Crippen LogP contribution in [0, 0.1) is 0 Å². The summed E-state index contributed by atoms with van der Waals surface area (Å²) in [5.74, 6) is 0. The van der Waals surface area contributed by atoms with Gasteiger partial charge in [-0.1, -0.05) is 0 Å². The Balaban J connectivity index is 2.74. The Kier molecular flexibility index (Phi) is 2.57. The van der Waals surface area contributed by atoms with Crippen LogP contribution in [0.4, 0.5) is 8.78 Å². The van der Waals surface area contributed by atoms with Crippen molar-refractivity contribution in [3.63, 3.8) is 0 Å². The highest BCUT2D eigenvalue weighted by Gasteiger charge is 2.15. The van der Waals surface area contributed by atoms with Gasteiger partial charge in [-0.3, -0.25) is 0 Å². The number of fused-ring (bicyclic) bond motifs is 1. The molecule has 0 unspecified atom stereocenters. The maximum Gasteiger partial charge on any atom is 0.265 e. The van der Waals surface area contributed by atoms with Crippen LogP contribution in [0.3, 0.4) is 0 Å². The summed E-state index contributed by atoms with van der Waals surface area (Å²) in [6.45, 7) is 0. The van der Waals surface area contributed by atoms with Gasteiger partial charge in [0.15, 0.2) is 4.73 Å². The summed E-state index contributed by atoms with van der Waals surface area (Å²) in [7, 11) is 0. The Morgan fingerprint density at radius 2 is 2.00 bits per heavy atom. The lowest BCUT2D eigenvalue weighted by Crippen LogP contribution is -1.86. The van der Waals surface area contributed by atoms with Crippen molar-refractivity contribution in [1.29, 1.82) is 0 Å². The summed E-state index contributed by atoms with van der Waals surface area (Å²) in [5.41, 5.74) is 1.18. The van der Waals surface area contributed by atoms with Crippen molar-refractivity contribution >= 4 is 42.9 Å². The van der Waals surface area contributed by atoms with Crippen LogP contribution in [0.5, 0.6) is 0 Å². The summed E-state index contributed by atoms with van der Waals surface area (Å²) in [5, 5.41) is 0. The molecule has 0 aliphatic rings. The number of H-pyrrole nitrogens is 1. The van der Waals surface area contributed by atoms with Gasteiger partial charge >= 0.3 is 0 Å². The van der Waals surface area contributed by atoms with Gasteiger partial charge < -0.3 is 4.98 Å². The van der Waals surface area contributed by atoms with Crippen LogP contribution in [-0.4, -0.2) is 9.97 Å². The molecule has 0 saturated carbocycles. The number of alkyl halides is 2. The first kappa shape index (κ1) is 10.0. The second kappa shape index (κ2) is 3.58. The fourth-order valence-electron chi connectivity index (χ4n) is 1.20. The van der Waals surface area contributed by atoms with Crippen molar-refractivity contribution in [2.45, 2.75) is 6.43 Å². The largest absolute Gasteiger partial charge is 0.332 e. The second-order valence-corrected chi connectivity index (χ2v) is 4.24. The highest BCUT2D eigenvalue weighted by atomic mass is 79.9. The van der Waals surface area contributed by atoms with Crippen LogP contribution in [-0.2, 0) is 0 Å². The molecular formula is C8H4Br2F2N2. The molecule has 1 aromatic heterocycles. The number of aromatic nitrogens is 2. The quantitative estimate of drug-likeness (QED) is 0.842. The van der Waals surface area contributed by atoms with Crippen molar-refractivity contribution in [3.8, 4) is 0 Å². The summed E-state index contributed by atoms with van der Waals surface area (Å²) in [4.78, 5) is 6.93. The fourth-order valence-corrected chi connectivity index (χ4v) is 2.19. The van der Waals surface area contributed by atoms with Crippen LogP contribution in [0.25, 0.3) is 11.0 Å². The molecule has 0 atom stereocenters. The lowest BCUT2D eigenvalue weighted by molar-refractivity contribution is 0.150. The topological polar surface area (TPSA) is 28.7 Å². The molecule has 1 aromatic carbocycles. The first-order chi connectivity index (χ1) is 6.59. The zero-order valence-corrected chi connectivity index (χ0v) is 9.86. The van der Waals surface area contributed by atoms with Gasteiger partial charge in [0.2, 0.25) is 0 Å². The van der Waals surface area contributed by atoms with Gasteiger partial charge in [-0.05, 0) is 44.0 Å². The number of nitrogens with zero attached hydrogens (tertiary/aromatic N) is 1. The van der Waals surface area contributed by atoms with E-state index < -0.39 is 6.43 Å². The molecule has 0 aliphatic carbocycles. The minimum absolute atomic E-state index is 0.0449. The van der Waals surface area contributed by atoms with Crippen LogP contribution >= 0.6 is 31.9 Å². The molecule has 0 radical (unpaired) electrons. The lowest BCUT2D eigenvalue weighted by atomic mass is 10.2. The van der Waals surface area contributed by atoms with E-state index in [-0.39, 0.29) is 5.56 Å². The van der Waals surface area contributed by atoms with Crippen molar-refractivity contribution < 1.29 is 8.78 Å². The maximum absolute atomic E-state index is 12.5.